The van der Waals surface area contributed by atoms with E-state index in [-0.39, 0.29) is 5.97 Å². The molecule has 0 N–H and O–H groups in total. The van der Waals surface area contributed by atoms with Crippen LogP contribution in [0.3, 0.4) is 0 Å². The summed E-state index contributed by atoms with van der Waals surface area (Å²) in [5.74, 6) is -0.230. The average molecular weight is 309 g/mol. The Morgan fingerprint density at radius 3 is 2.78 bits per heavy atom. The fourth-order valence-electron chi connectivity index (χ4n) is 2.25. The molecule has 0 heterocycles. The Kier molecular flexibility index (Phi) is 4.23. The zero-order chi connectivity index (χ0) is 13.1. The van der Waals surface area contributed by atoms with Crippen molar-refractivity contribution in [3.8, 4) is 0 Å². The van der Waals surface area contributed by atoms with Gasteiger partial charge in [-0.25, -0.2) is 4.79 Å². The van der Waals surface area contributed by atoms with E-state index in [1.165, 1.54) is 16.5 Å². The number of rotatable bonds is 3. The van der Waals surface area contributed by atoms with Crippen molar-refractivity contribution >= 4 is 27.5 Å². The first kappa shape index (κ1) is 13.3. The molecule has 96 valence electrons. The molecule has 2 rings (SSSR count). The number of hydrogen-bond acceptors (Lipinski definition) is 2. The SMILES string of the molecule is CCOC(=O)c1cc(C2=C(Br)CCC2)ccc1C. The van der Waals surface area contributed by atoms with Crippen LogP contribution in [-0.4, -0.2) is 12.6 Å². The zero-order valence-corrected chi connectivity index (χ0v) is 12.3. The second-order valence-electron chi connectivity index (χ2n) is 4.49. The minimum Gasteiger partial charge on any atom is -0.462 e. The normalized spacial score (nSPS) is 15.1. The summed E-state index contributed by atoms with van der Waals surface area (Å²) in [5.41, 5.74) is 4.09. The number of allylic oxidation sites excluding steroid dienone is 2. The third-order valence-corrected chi connectivity index (χ3v) is 4.11. The van der Waals surface area contributed by atoms with Gasteiger partial charge in [-0.05, 0) is 60.4 Å². The summed E-state index contributed by atoms with van der Waals surface area (Å²) in [6, 6.07) is 6.03. The zero-order valence-electron chi connectivity index (χ0n) is 10.8. The third kappa shape index (κ3) is 2.66. The van der Waals surface area contributed by atoms with Gasteiger partial charge in [0.2, 0.25) is 0 Å². The van der Waals surface area contributed by atoms with E-state index in [1.807, 2.05) is 26.0 Å². The van der Waals surface area contributed by atoms with E-state index in [2.05, 4.69) is 22.0 Å². The second kappa shape index (κ2) is 5.70. The highest BCUT2D eigenvalue weighted by atomic mass is 79.9. The molecular weight excluding hydrogens is 292 g/mol. The topological polar surface area (TPSA) is 26.3 Å². The van der Waals surface area contributed by atoms with Crippen LogP contribution in [0.4, 0.5) is 0 Å². The van der Waals surface area contributed by atoms with Crippen LogP contribution in [0.5, 0.6) is 0 Å². The maximum Gasteiger partial charge on any atom is 0.338 e. The number of benzene rings is 1. The highest BCUT2D eigenvalue weighted by molar-refractivity contribution is 9.11. The minimum atomic E-state index is -0.230. The number of halogens is 1. The summed E-state index contributed by atoms with van der Waals surface area (Å²) in [6.45, 7) is 4.18. The Morgan fingerprint density at radius 1 is 1.39 bits per heavy atom. The van der Waals surface area contributed by atoms with Gasteiger partial charge in [-0.2, -0.15) is 0 Å². The Morgan fingerprint density at radius 2 is 2.17 bits per heavy atom. The Bertz CT molecular complexity index is 503. The lowest BCUT2D eigenvalue weighted by atomic mass is 9.99. The summed E-state index contributed by atoms with van der Waals surface area (Å²) in [6.07, 6.45) is 3.35. The fourth-order valence-corrected chi connectivity index (χ4v) is 2.95. The lowest BCUT2D eigenvalue weighted by Gasteiger charge is -2.09. The largest absolute Gasteiger partial charge is 0.462 e. The minimum absolute atomic E-state index is 0.230. The van der Waals surface area contributed by atoms with Crippen molar-refractivity contribution in [2.45, 2.75) is 33.1 Å². The molecule has 0 bridgehead atoms. The van der Waals surface area contributed by atoms with Gasteiger partial charge in [-0.1, -0.05) is 28.1 Å². The van der Waals surface area contributed by atoms with Crippen LogP contribution in [0.1, 0.15) is 47.7 Å². The van der Waals surface area contributed by atoms with Crippen molar-refractivity contribution in [1.29, 1.82) is 0 Å². The number of carbonyl (C=O) groups excluding carboxylic acids is 1. The predicted molar refractivity (Wildman–Crippen MR) is 76.8 cm³/mol. The molecule has 1 aromatic carbocycles. The van der Waals surface area contributed by atoms with Crippen molar-refractivity contribution < 1.29 is 9.53 Å². The van der Waals surface area contributed by atoms with E-state index in [1.54, 1.807) is 0 Å². The number of ether oxygens (including phenoxy) is 1. The third-order valence-electron chi connectivity index (χ3n) is 3.23. The second-order valence-corrected chi connectivity index (χ2v) is 5.44. The molecule has 0 radical (unpaired) electrons. The van der Waals surface area contributed by atoms with Gasteiger partial charge in [0.1, 0.15) is 0 Å². The summed E-state index contributed by atoms with van der Waals surface area (Å²) < 4.78 is 6.35. The van der Waals surface area contributed by atoms with Crippen LogP contribution in [-0.2, 0) is 4.74 Å². The van der Waals surface area contributed by atoms with Crippen molar-refractivity contribution in [1.82, 2.24) is 0 Å². The van der Waals surface area contributed by atoms with Crippen LogP contribution in [0, 0.1) is 6.92 Å². The van der Waals surface area contributed by atoms with E-state index in [0.717, 1.165) is 24.0 Å². The molecule has 0 aliphatic heterocycles. The van der Waals surface area contributed by atoms with E-state index in [4.69, 9.17) is 4.74 Å². The van der Waals surface area contributed by atoms with Crippen LogP contribution < -0.4 is 0 Å². The molecule has 1 aromatic rings. The summed E-state index contributed by atoms with van der Waals surface area (Å²) in [4.78, 5) is 11.9. The molecular formula is C15H17BrO2. The summed E-state index contributed by atoms with van der Waals surface area (Å²) in [7, 11) is 0. The van der Waals surface area contributed by atoms with Gasteiger partial charge in [0, 0.05) is 0 Å². The lowest BCUT2D eigenvalue weighted by molar-refractivity contribution is 0.0525. The van der Waals surface area contributed by atoms with E-state index in [0.29, 0.717) is 12.2 Å². The molecule has 0 unspecified atom stereocenters. The summed E-state index contributed by atoms with van der Waals surface area (Å²) >= 11 is 3.62. The standard InChI is InChI=1S/C15H17BrO2/c1-3-18-15(17)13-9-11(8-7-10(13)2)12-5-4-6-14(12)16/h7-9H,3-6H2,1-2H3. The molecule has 0 spiro atoms. The molecule has 0 aromatic heterocycles. The molecule has 0 saturated carbocycles. The van der Waals surface area contributed by atoms with Crippen LogP contribution in [0.15, 0.2) is 22.7 Å². The fraction of sp³-hybridized carbons (Fsp3) is 0.400. The van der Waals surface area contributed by atoms with Crippen molar-refractivity contribution in [3.63, 3.8) is 0 Å². The molecule has 1 aliphatic rings. The van der Waals surface area contributed by atoms with Gasteiger partial charge in [-0.3, -0.25) is 0 Å². The van der Waals surface area contributed by atoms with Crippen LogP contribution >= 0.6 is 15.9 Å². The average Bonchev–Trinajstić information content (AvgIpc) is 2.76. The molecule has 2 nitrogen and oxygen atoms in total. The molecule has 0 fully saturated rings. The Balaban J connectivity index is 2.38. The molecule has 0 amide bonds. The van der Waals surface area contributed by atoms with Crippen molar-refractivity contribution in [2.24, 2.45) is 0 Å². The van der Waals surface area contributed by atoms with Gasteiger partial charge in [-0.15, -0.1) is 0 Å². The number of carbonyl (C=O) groups is 1. The van der Waals surface area contributed by atoms with E-state index >= 15 is 0 Å². The monoisotopic (exact) mass is 308 g/mol. The first-order chi connectivity index (χ1) is 8.63. The van der Waals surface area contributed by atoms with Crippen molar-refractivity contribution in [2.75, 3.05) is 6.61 Å². The summed E-state index contributed by atoms with van der Waals surface area (Å²) in [5, 5.41) is 0. The molecule has 3 heteroatoms. The smallest absolute Gasteiger partial charge is 0.338 e. The molecule has 18 heavy (non-hydrogen) atoms. The number of hydrogen-bond donors (Lipinski definition) is 0. The van der Waals surface area contributed by atoms with E-state index < -0.39 is 0 Å². The van der Waals surface area contributed by atoms with E-state index in [9.17, 15) is 4.79 Å². The molecule has 1 aliphatic carbocycles. The van der Waals surface area contributed by atoms with Gasteiger partial charge in [0.05, 0.1) is 12.2 Å². The van der Waals surface area contributed by atoms with Gasteiger partial charge < -0.3 is 4.74 Å². The quantitative estimate of drug-likeness (QED) is 0.771. The molecule has 0 saturated heterocycles. The molecule has 0 atom stereocenters. The Labute approximate surface area is 116 Å². The lowest BCUT2D eigenvalue weighted by Crippen LogP contribution is -2.07. The van der Waals surface area contributed by atoms with Gasteiger partial charge in [0.15, 0.2) is 0 Å². The Hall–Kier alpha value is -1.09. The highest BCUT2D eigenvalue weighted by Gasteiger charge is 2.17. The van der Waals surface area contributed by atoms with Gasteiger partial charge in [0.25, 0.3) is 0 Å². The number of esters is 1. The van der Waals surface area contributed by atoms with Gasteiger partial charge >= 0.3 is 5.97 Å². The number of aryl methyl sites for hydroxylation is 1. The maximum atomic E-state index is 11.9. The van der Waals surface area contributed by atoms with Crippen LogP contribution in [0.2, 0.25) is 0 Å². The first-order valence-electron chi connectivity index (χ1n) is 6.29. The first-order valence-corrected chi connectivity index (χ1v) is 7.08. The predicted octanol–water partition coefficient (Wildman–Crippen LogP) is 4.46. The highest BCUT2D eigenvalue weighted by Crippen LogP contribution is 2.37. The maximum absolute atomic E-state index is 11.9. The van der Waals surface area contributed by atoms with Crippen molar-refractivity contribution in [3.05, 3.63) is 39.4 Å². The van der Waals surface area contributed by atoms with Crippen LogP contribution in [0.25, 0.3) is 5.57 Å².